The van der Waals surface area contributed by atoms with Gasteiger partial charge < -0.3 is 0 Å². The zero-order valence-electron chi connectivity index (χ0n) is 7.46. The summed E-state index contributed by atoms with van der Waals surface area (Å²) in [6.45, 7) is 0. The Morgan fingerprint density at radius 1 is 0.857 bits per heavy atom. The van der Waals surface area contributed by atoms with Gasteiger partial charge >= 0.3 is 0 Å². The molecule has 0 nitrogen and oxygen atoms in total. The molecule has 12 radical (unpaired) electrons. The lowest BCUT2D eigenvalue weighted by atomic mass is 10.2. The molecule has 3 saturated heterocycles. The molecule has 6 heteroatoms. The third-order valence-electron chi connectivity index (χ3n) is 2.42. The molecule has 0 spiro atoms. The summed E-state index contributed by atoms with van der Waals surface area (Å²) >= 11 is 0. The van der Waals surface area contributed by atoms with E-state index in [-0.39, 0.29) is 0 Å². The van der Waals surface area contributed by atoms with Gasteiger partial charge in [-0.05, 0) is 4.28 Å². The molecule has 14 heavy (non-hydrogen) atoms. The summed E-state index contributed by atoms with van der Waals surface area (Å²) in [5.74, 6) is 0. The summed E-state index contributed by atoms with van der Waals surface area (Å²) in [5, 5.41) is 0. The van der Waals surface area contributed by atoms with E-state index < -0.39 is 0 Å². The van der Waals surface area contributed by atoms with E-state index in [0.717, 1.165) is 0 Å². The molecule has 0 saturated carbocycles. The highest BCUT2D eigenvalue weighted by molar-refractivity contribution is 7.41. The molecule has 0 unspecified atom stereocenters. The molecule has 3 aliphatic rings. The zero-order valence-corrected chi connectivity index (χ0v) is 13.5. The van der Waals surface area contributed by atoms with Crippen molar-refractivity contribution in [1.82, 2.24) is 0 Å². The molecule has 4 rings (SSSR count). The van der Waals surface area contributed by atoms with Gasteiger partial charge in [0.2, 0.25) is 0 Å². The summed E-state index contributed by atoms with van der Waals surface area (Å²) in [6.07, 6.45) is 0. The largest absolute Gasteiger partial charge is 0.0724 e. The second-order valence-corrected chi connectivity index (χ2v) is 17.0. The van der Waals surface area contributed by atoms with Gasteiger partial charge in [-0.15, -0.1) is 0 Å². The van der Waals surface area contributed by atoms with Crippen LogP contribution in [0.2, 0.25) is 4.79 Å². The Morgan fingerprint density at radius 3 is 2.00 bits per heavy atom. The average molecular weight is 271 g/mol. The van der Waals surface area contributed by atoms with Crippen LogP contribution in [0.15, 0.2) is 30.3 Å². The van der Waals surface area contributed by atoms with Gasteiger partial charge in [0.25, 0.3) is 0 Å². The molecule has 2 bridgehead atoms. The summed E-state index contributed by atoms with van der Waals surface area (Å²) in [4.78, 5) is 1.19. The predicted molar refractivity (Wildman–Crippen MR) is 66.4 cm³/mol. The third kappa shape index (κ3) is 1.57. The minimum absolute atomic E-state index is 0.700. The van der Waals surface area contributed by atoms with Crippen molar-refractivity contribution >= 4 is 54.2 Å². The molecule has 3 heterocycles. The quantitative estimate of drug-likeness (QED) is 0.604. The van der Waals surface area contributed by atoms with Gasteiger partial charge in [-0.1, -0.05) is 40.7 Å². The summed E-state index contributed by atoms with van der Waals surface area (Å²) in [7, 11) is 7.69. The minimum Gasteiger partial charge on any atom is -0.0724 e. The van der Waals surface area contributed by atoms with Crippen LogP contribution < -0.4 is 0 Å². The lowest BCUT2D eigenvalue weighted by Gasteiger charge is -2.44. The van der Waals surface area contributed by atoms with Crippen LogP contribution in [0.25, 0.3) is 0 Å². The van der Waals surface area contributed by atoms with E-state index in [1.807, 2.05) is 0 Å². The molecule has 1 aromatic carbocycles. The number of benzene rings is 1. The summed E-state index contributed by atoms with van der Waals surface area (Å²) < 4.78 is 0.700. The normalized spacial score (nSPS) is 35.9. The van der Waals surface area contributed by atoms with E-state index in [1.54, 1.807) is 5.56 Å². The standard InChI is InChI=1S/C8H6Si6/c1-2-4-6(5-3-1)8-12-9-7(10-13-8)11-14-8/h1-5,7H. The first-order chi connectivity index (χ1) is 6.89. The fourth-order valence-electron chi connectivity index (χ4n) is 1.65. The highest BCUT2D eigenvalue weighted by atomic mass is 29.3. The molecule has 0 aliphatic carbocycles. The number of hydrogen-bond donors (Lipinski definition) is 0. The van der Waals surface area contributed by atoms with Crippen molar-refractivity contribution in [3.63, 3.8) is 0 Å². The first kappa shape index (κ1) is 9.73. The molecule has 3 aliphatic heterocycles. The van der Waals surface area contributed by atoms with Crippen molar-refractivity contribution in [3.8, 4) is 0 Å². The summed E-state index contributed by atoms with van der Waals surface area (Å²) in [6, 6.07) is 11.3. The molecule has 1 aromatic rings. The first-order valence-electron chi connectivity index (χ1n) is 4.53. The maximum absolute atomic E-state index is 2.37. The highest BCUT2D eigenvalue weighted by Crippen LogP contribution is 2.29. The van der Waals surface area contributed by atoms with E-state index in [4.69, 9.17) is 0 Å². The van der Waals surface area contributed by atoms with Crippen molar-refractivity contribution in [1.29, 1.82) is 0 Å². The van der Waals surface area contributed by atoms with Crippen molar-refractivity contribution < 1.29 is 0 Å². The summed E-state index contributed by atoms with van der Waals surface area (Å²) in [5.41, 5.74) is 1.67. The van der Waals surface area contributed by atoms with Crippen LogP contribution in [0.3, 0.4) is 0 Å². The molecule has 62 valence electrons. The predicted octanol–water partition coefficient (Wildman–Crippen LogP) is -0.502. The second-order valence-electron chi connectivity index (χ2n) is 3.36. The number of fused-ring (bicyclic) bond motifs is 3. The molecular weight excluding hydrogens is 265 g/mol. The van der Waals surface area contributed by atoms with Crippen LogP contribution in [0.5, 0.6) is 0 Å². The number of rotatable bonds is 1. The van der Waals surface area contributed by atoms with E-state index >= 15 is 0 Å². The fourth-order valence-corrected chi connectivity index (χ4v) is 32.2. The van der Waals surface area contributed by atoms with Gasteiger partial charge in [0.05, 0.1) is 0 Å². The highest BCUT2D eigenvalue weighted by Gasteiger charge is 2.43. The lowest BCUT2D eigenvalue weighted by molar-refractivity contribution is 1.20. The Morgan fingerprint density at radius 2 is 1.43 bits per heavy atom. The van der Waals surface area contributed by atoms with Crippen LogP contribution in [0.1, 0.15) is 5.56 Å². The van der Waals surface area contributed by atoms with Gasteiger partial charge in [0.1, 0.15) is 0 Å². The van der Waals surface area contributed by atoms with Crippen LogP contribution in [-0.2, 0) is 4.28 Å². The maximum atomic E-state index is 2.37. The molecule has 0 amide bonds. The first-order valence-corrected chi connectivity index (χ1v) is 13.8. The SMILES string of the molecule is c1ccc(C23[Si][Si]C([Si][Si]2)[Si][Si]3)cc1. The monoisotopic (exact) mass is 270 g/mol. The van der Waals surface area contributed by atoms with Gasteiger partial charge in [-0.25, -0.2) is 0 Å². The number of hydrogen-bond acceptors (Lipinski definition) is 0. The maximum Gasteiger partial charge on any atom is 0.0269 e. The second kappa shape index (κ2) is 3.83. The third-order valence-corrected chi connectivity index (χ3v) is 27.5. The van der Waals surface area contributed by atoms with Crippen LogP contribution in [0, 0.1) is 0 Å². The van der Waals surface area contributed by atoms with Gasteiger partial charge in [-0.2, -0.15) is 0 Å². The topological polar surface area (TPSA) is 0 Å². The van der Waals surface area contributed by atoms with Gasteiger partial charge in [0, 0.05) is 54.2 Å². The van der Waals surface area contributed by atoms with Crippen molar-refractivity contribution in [3.05, 3.63) is 35.9 Å². The van der Waals surface area contributed by atoms with E-state index in [0.29, 0.717) is 4.28 Å². The molecule has 0 N–H and O–H groups in total. The van der Waals surface area contributed by atoms with E-state index in [1.165, 1.54) is 59.0 Å². The Labute approximate surface area is 99.0 Å². The molecule has 0 aromatic heterocycles. The Bertz CT molecular complexity index is 304. The van der Waals surface area contributed by atoms with Crippen LogP contribution >= 0.6 is 0 Å². The fraction of sp³-hybridized carbons (Fsp3) is 0.250. The Balaban J connectivity index is 1.96. The smallest absolute Gasteiger partial charge is 0.0269 e. The van der Waals surface area contributed by atoms with Crippen LogP contribution in [0.4, 0.5) is 0 Å². The van der Waals surface area contributed by atoms with Crippen molar-refractivity contribution in [2.45, 2.75) is 9.07 Å². The molecule has 3 fully saturated rings. The Hall–Kier alpha value is 0.521. The van der Waals surface area contributed by atoms with Crippen LogP contribution in [-0.4, -0.2) is 54.2 Å². The van der Waals surface area contributed by atoms with E-state index in [9.17, 15) is 0 Å². The average Bonchev–Trinajstić information content (AvgIpc) is 2.33. The Kier molecular flexibility index (Phi) is 2.66. The van der Waals surface area contributed by atoms with Crippen molar-refractivity contribution in [2.75, 3.05) is 0 Å². The molecular formula is C8H6Si6. The van der Waals surface area contributed by atoms with E-state index in [2.05, 4.69) is 30.3 Å². The van der Waals surface area contributed by atoms with Gasteiger partial charge in [0.15, 0.2) is 0 Å². The zero-order chi connectivity index (χ0) is 9.43. The lowest BCUT2D eigenvalue weighted by Crippen LogP contribution is -2.64. The molecule has 0 atom stereocenters. The van der Waals surface area contributed by atoms with Crippen molar-refractivity contribution in [2.24, 2.45) is 0 Å². The minimum atomic E-state index is 0.700. The van der Waals surface area contributed by atoms with Gasteiger partial charge in [-0.3, -0.25) is 0 Å².